The highest BCUT2D eigenvalue weighted by atomic mass is 35.5. The monoisotopic (exact) mass is 502 g/mol. The molecule has 0 spiro atoms. The number of aromatic nitrogens is 5. The molecule has 5 aromatic rings. The third-order valence-corrected chi connectivity index (χ3v) is 5.98. The summed E-state index contributed by atoms with van der Waals surface area (Å²) in [6, 6.07) is 12.8. The number of alkyl halides is 3. The van der Waals surface area contributed by atoms with Crippen LogP contribution in [0, 0.1) is 0 Å². The fourth-order valence-electron chi connectivity index (χ4n) is 3.37. The molecule has 0 saturated heterocycles. The predicted molar refractivity (Wildman–Crippen MR) is 122 cm³/mol. The first-order chi connectivity index (χ1) is 16.3. The van der Waals surface area contributed by atoms with Gasteiger partial charge in [-0.3, -0.25) is 9.48 Å². The van der Waals surface area contributed by atoms with E-state index in [0.717, 1.165) is 11.6 Å². The van der Waals surface area contributed by atoms with Gasteiger partial charge in [0.15, 0.2) is 17.0 Å². The maximum absolute atomic E-state index is 13.7. The van der Waals surface area contributed by atoms with E-state index in [9.17, 15) is 18.0 Å². The Morgan fingerprint density at radius 1 is 1.15 bits per heavy atom. The summed E-state index contributed by atoms with van der Waals surface area (Å²) in [4.78, 5) is 17.6. The minimum absolute atomic E-state index is 0.0833. The van der Waals surface area contributed by atoms with Crippen molar-refractivity contribution in [2.75, 3.05) is 5.32 Å². The zero-order chi connectivity index (χ0) is 23.9. The minimum atomic E-state index is -4.69. The molecule has 1 aromatic carbocycles. The van der Waals surface area contributed by atoms with E-state index in [1.54, 1.807) is 40.5 Å². The molecule has 1 N–H and O–H groups in total. The molecule has 0 bridgehead atoms. The Morgan fingerprint density at radius 2 is 2.00 bits per heavy atom. The number of rotatable bonds is 5. The number of benzene rings is 1. The Kier molecular flexibility index (Phi) is 5.58. The molecular weight excluding hydrogens is 489 g/mol. The molecule has 5 rings (SSSR count). The van der Waals surface area contributed by atoms with Crippen molar-refractivity contribution in [1.82, 2.24) is 24.4 Å². The molecule has 4 heterocycles. The highest BCUT2D eigenvalue weighted by Gasteiger charge is 2.35. The van der Waals surface area contributed by atoms with Crippen LogP contribution in [-0.2, 0) is 12.7 Å². The maximum Gasteiger partial charge on any atom is 0.433 e. The van der Waals surface area contributed by atoms with Gasteiger partial charge in [-0.25, -0.2) is 9.50 Å². The Balaban J connectivity index is 1.41. The maximum atomic E-state index is 13.7. The van der Waals surface area contributed by atoms with Crippen molar-refractivity contribution in [2.24, 2.45) is 0 Å². The summed E-state index contributed by atoms with van der Waals surface area (Å²) >= 11 is 7.26. The molecule has 0 aliphatic carbocycles. The van der Waals surface area contributed by atoms with Gasteiger partial charge in [-0.05, 0) is 35.2 Å². The van der Waals surface area contributed by atoms with E-state index in [-0.39, 0.29) is 17.0 Å². The van der Waals surface area contributed by atoms with Crippen molar-refractivity contribution in [2.45, 2.75) is 12.7 Å². The van der Waals surface area contributed by atoms with E-state index in [0.29, 0.717) is 26.6 Å². The fraction of sp³-hybridized carbons (Fsp3) is 0.0909. The van der Waals surface area contributed by atoms with Gasteiger partial charge in [-0.15, -0.1) is 11.3 Å². The van der Waals surface area contributed by atoms with Gasteiger partial charge >= 0.3 is 6.18 Å². The molecule has 1 amide bonds. The van der Waals surface area contributed by atoms with Crippen LogP contribution in [0.1, 0.15) is 21.7 Å². The number of fused-ring (bicyclic) bond motifs is 1. The van der Waals surface area contributed by atoms with Crippen molar-refractivity contribution >= 4 is 40.2 Å². The number of carbonyl (C=O) groups excluding carboxylic acids is 1. The lowest BCUT2D eigenvalue weighted by Gasteiger charge is -2.10. The third kappa shape index (κ3) is 4.52. The van der Waals surface area contributed by atoms with E-state index >= 15 is 0 Å². The molecular formula is C22H14ClF3N6OS. The van der Waals surface area contributed by atoms with Gasteiger partial charge in [0.2, 0.25) is 0 Å². The topological polar surface area (TPSA) is 77.1 Å². The predicted octanol–water partition coefficient (Wildman–Crippen LogP) is 5.63. The first kappa shape index (κ1) is 22.1. The van der Waals surface area contributed by atoms with Crippen LogP contribution in [0.3, 0.4) is 0 Å². The summed E-state index contributed by atoms with van der Waals surface area (Å²) in [6.45, 7) is 0.426. The number of hydrogen-bond acceptors (Lipinski definition) is 5. The standard InChI is InChI=1S/C22H14ClF3N6OS/c23-14-4-1-3-13(7-14)11-31-12-15(10-27-31)28-21(33)17-9-20-29-16(18-5-2-6-34-18)8-19(22(24,25)26)32(20)30-17/h1-10,12H,11H2,(H,28,33). The average Bonchev–Trinajstić information content (AvgIpc) is 3.53. The van der Waals surface area contributed by atoms with E-state index in [1.165, 1.54) is 23.6 Å². The highest BCUT2D eigenvalue weighted by molar-refractivity contribution is 7.13. The molecule has 0 unspecified atom stereocenters. The Hall–Kier alpha value is -3.70. The summed E-state index contributed by atoms with van der Waals surface area (Å²) in [6.07, 6.45) is -1.65. The largest absolute Gasteiger partial charge is 0.433 e. The summed E-state index contributed by atoms with van der Waals surface area (Å²) in [5.41, 5.74) is 0.135. The lowest BCUT2D eigenvalue weighted by molar-refractivity contribution is -0.142. The van der Waals surface area contributed by atoms with Gasteiger partial charge in [0, 0.05) is 17.3 Å². The molecule has 12 heteroatoms. The number of amides is 1. The normalized spacial score (nSPS) is 11.8. The van der Waals surface area contributed by atoms with Gasteiger partial charge in [-0.1, -0.05) is 29.8 Å². The lowest BCUT2D eigenvalue weighted by atomic mass is 10.2. The van der Waals surface area contributed by atoms with Crippen molar-refractivity contribution in [1.29, 1.82) is 0 Å². The smallest absolute Gasteiger partial charge is 0.318 e. The van der Waals surface area contributed by atoms with Gasteiger partial charge in [0.05, 0.1) is 29.0 Å². The van der Waals surface area contributed by atoms with Crippen LogP contribution in [0.25, 0.3) is 16.2 Å². The molecule has 7 nitrogen and oxygen atoms in total. The number of carbonyl (C=O) groups is 1. The number of nitrogens with zero attached hydrogens (tertiary/aromatic N) is 5. The Bertz CT molecular complexity index is 1490. The van der Waals surface area contributed by atoms with Crippen LogP contribution in [0.5, 0.6) is 0 Å². The van der Waals surface area contributed by atoms with Crippen LogP contribution in [0.15, 0.2) is 66.3 Å². The SMILES string of the molecule is O=C(Nc1cnn(Cc2cccc(Cl)c2)c1)c1cc2nc(-c3cccs3)cc(C(F)(F)F)n2n1. The summed E-state index contributed by atoms with van der Waals surface area (Å²) < 4.78 is 43.3. The molecule has 0 aliphatic rings. The average molecular weight is 503 g/mol. The van der Waals surface area contributed by atoms with E-state index in [2.05, 4.69) is 20.5 Å². The fourth-order valence-corrected chi connectivity index (χ4v) is 4.27. The minimum Gasteiger partial charge on any atom is -0.318 e. The Labute approximate surface area is 199 Å². The molecule has 172 valence electrons. The van der Waals surface area contributed by atoms with Crippen LogP contribution in [0.4, 0.5) is 18.9 Å². The van der Waals surface area contributed by atoms with Crippen LogP contribution < -0.4 is 5.32 Å². The van der Waals surface area contributed by atoms with Gasteiger partial charge in [-0.2, -0.15) is 23.4 Å². The van der Waals surface area contributed by atoms with Crippen molar-refractivity contribution < 1.29 is 18.0 Å². The van der Waals surface area contributed by atoms with Crippen molar-refractivity contribution in [3.05, 3.63) is 88.3 Å². The van der Waals surface area contributed by atoms with E-state index < -0.39 is 17.8 Å². The van der Waals surface area contributed by atoms with E-state index in [1.807, 2.05) is 12.1 Å². The molecule has 0 radical (unpaired) electrons. The summed E-state index contributed by atoms with van der Waals surface area (Å²) in [5.74, 6) is -0.682. The molecule has 0 aliphatic heterocycles. The third-order valence-electron chi connectivity index (χ3n) is 4.85. The second-order valence-corrected chi connectivity index (χ2v) is 8.70. The van der Waals surface area contributed by atoms with Gasteiger partial charge in [0.25, 0.3) is 5.91 Å². The molecule has 0 saturated carbocycles. The number of halogens is 4. The molecule has 4 aromatic heterocycles. The zero-order valence-electron chi connectivity index (χ0n) is 17.1. The second kappa shape index (κ2) is 8.58. The van der Waals surface area contributed by atoms with Gasteiger partial charge < -0.3 is 5.32 Å². The number of hydrogen-bond donors (Lipinski definition) is 1. The van der Waals surface area contributed by atoms with E-state index in [4.69, 9.17) is 11.6 Å². The van der Waals surface area contributed by atoms with Crippen LogP contribution in [0.2, 0.25) is 5.02 Å². The molecule has 0 fully saturated rings. The number of anilines is 1. The summed E-state index contributed by atoms with van der Waals surface area (Å²) in [5, 5.41) is 13.0. The summed E-state index contributed by atoms with van der Waals surface area (Å²) in [7, 11) is 0. The molecule has 0 atom stereocenters. The first-order valence-electron chi connectivity index (χ1n) is 9.86. The number of nitrogens with one attached hydrogen (secondary N) is 1. The zero-order valence-corrected chi connectivity index (χ0v) is 18.7. The van der Waals surface area contributed by atoms with Crippen molar-refractivity contribution in [3.63, 3.8) is 0 Å². The van der Waals surface area contributed by atoms with Crippen molar-refractivity contribution in [3.8, 4) is 10.6 Å². The van der Waals surface area contributed by atoms with Gasteiger partial charge in [0.1, 0.15) is 0 Å². The Morgan fingerprint density at radius 3 is 2.74 bits per heavy atom. The highest BCUT2D eigenvalue weighted by Crippen LogP contribution is 2.33. The number of thiophene rings is 1. The molecule has 34 heavy (non-hydrogen) atoms. The quantitative estimate of drug-likeness (QED) is 0.338. The second-order valence-electron chi connectivity index (χ2n) is 7.31. The van der Waals surface area contributed by atoms with Crippen LogP contribution >= 0.6 is 22.9 Å². The lowest BCUT2D eigenvalue weighted by Crippen LogP contribution is -2.15. The van der Waals surface area contributed by atoms with Crippen LogP contribution in [-0.4, -0.2) is 30.3 Å². The first-order valence-corrected chi connectivity index (χ1v) is 11.1.